The zero-order valence-corrected chi connectivity index (χ0v) is 39.5. The molecule has 20 nitrogen and oxygen atoms in total. The van der Waals surface area contributed by atoms with Crippen LogP contribution in [0.3, 0.4) is 0 Å². The van der Waals surface area contributed by atoms with Crippen molar-refractivity contribution in [2.24, 2.45) is 11.7 Å². The maximum absolute atomic E-state index is 15.0. The Morgan fingerprint density at radius 2 is 1.53 bits per heavy atom. The second kappa shape index (κ2) is 25.3. The van der Waals surface area contributed by atoms with Gasteiger partial charge < -0.3 is 57.1 Å². The van der Waals surface area contributed by atoms with Crippen molar-refractivity contribution in [1.29, 1.82) is 0 Å². The smallest absolute Gasteiger partial charge is 0.329 e. The van der Waals surface area contributed by atoms with E-state index in [4.69, 9.17) is 10.5 Å². The highest BCUT2D eigenvalue weighted by molar-refractivity contribution is 6.02. The van der Waals surface area contributed by atoms with Crippen LogP contribution in [0.25, 0.3) is 0 Å². The van der Waals surface area contributed by atoms with Crippen molar-refractivity contribution in [3.63, 3.8) is 0 Å². The maximum Gasteiger partial charge on any atom is 0.329 e. The maximum atomic E-state index is 15.0. The Hall–Kier alpha value is -6.83. The molecule has 2 bridgehead atoms. The first-order valence-electron chi connectivity index (χ1n) is 23.0. The second-order valence-electron chi connectivity index (χ2n) is 17.5. The predicted molar refractivity (Wildman–Crippen MR) is 247 cm³/mol. The lowest BCUT2D eigenvalue weighted by atomic mass is 9.95. The monoisotopic (exact) mass is 946 g/mol. The number of nitrogens with zero attached hydrogens (tertiary/aromatic N) is 2. The zero-order valence-electron chi connectivity index (χ0n) is 39.5. The van der Waals surface area contributed by atoms with Crippen molar-refractivity contribution < 1.29 is 58.1 Å². The van der Waals surface area contributed by atoms with Crippen LogP contribution in [-0.4, -0.2) is 129 Å². The van der Waals surface area contributed by atoms with Gasteiger partial charge in [-0.15, -0.1) is 0 Å². The highest BCUT2D eigenvalue weighted by Crippen LogP contribution is 2.25. The highest BCUT2D eigenvalue weighted by Gasteiger charge is 2.45. The lowest BCUT2D eigenvalue weighted by molar-refractivity contribution is -0.165. The molecule has 2 saturated heterocycles. The van der Waals surface area contributed by atoms with Crippen LogP contribution in [0.4, 0.5) is 0 Å². The molecule has 370 valence electrons. The van der Waals surface area contributed by atoms with Crippen LogP contribution in [-0.2, 0) is 60.7 Å². The molecule has 8 unspecified atom stereocenters. The number of nitrogens with two attached hydrogens (primary N) is 1. The first kappa shape index (κ1) is 53.8. The zero-order chi connectivity index (χ0) is 50.2. The molecule has 0 radical (unpaired) electrons. The molecule has 8 atom stereocenters. The van der Waals surface area contributed by atoms with Gasteiger partial charge in [0, 0.05) is 32.7 Å². The predicted octanol–water partition coefficient (Wildman–Crippen LogP) is 0.720. The number of benzene rings is 2. The number of primary amides is 1. The first-order chi connectivity index (χ1) is 32.2. The molecule has 2 aliphatic heterocycles. The molecule has 0 aromatic heterocycles. The van der Waals surface area contributed by atoms with E-state index in [0.29, 0.717) is 17.5 Å². The Bertz CT molecular complexity index is 2170. The molecular weight excluding hydrogens is 881 g/mol. The molecular formula is C48H66N8O12. The fourth-order valence-corrected chi connectivity index (χ4v) is 7.98. The molecule has 4 rings (SSSR count). The van der Waals surface area contributed by atoms with Crippen molar-refractivity contribution in [2.45, 2.75) is 147 Å². The number of likely N-dealkylation sites (N-methyl/N-ethyl adjacent to an activating group) is 1. The number of aromatic hydroxyl groups is 1. The number of ether oxygens (including phenoxy) is 1. The number of carbonyl (C=O) groups is 9. The number of rotatable bonds is 15. The Morgan fingerprint density at radius 3 is 2.15 bits per heavy atom. The van der Waals surface area contributed by atoms with E-state index in [1.807, 2.05) is 6.92 Å². The van der Waals surface area contributed by atoms with Crippen LogP contribution in [0.1, 0.15) is 97.1 Å². The summed E-state index contributed by atoms with van der Waals surface area (Å²) in [4.78, 5) is 127. The fraction of sp³-hybridized carbons (Fsp3) is 0.521. The number of aliphatic hydroxyl groups is 1. The summed E-state index contributed by atoms with van der Waals surface area (Å²) in [5, 5.41) is 34.3. The third-order valence-electron chi connectivity index (χ3n) is 12.0. The minimum atomic E-state index is -1.78. The van der Waals surface area contributed by atoms with Gasteiger partial charge in [-0.1, -0.05) is 82.2 Å². The van der Waals surface area contributed by atoms with E-state index < -0.39 is 108 Å². The molecule has 2 fully saturated rings. The van der Waals surface area contributed by atoms with E-state index in [-0.39, 0.29) is 56.4 Å². The Morgan fingerprint density at radius 1 is 0.882 bits per heavy atom. The minimum absolute atomic E-state index is 0.0555. The Kier molecular flexibility index (Phi) is 20.0. The number of phenols is 1. The number of phenolic OH excluding ortho intramolecular Hbond substituents is 1. The van der Waals surface area contributed by atoms with Gasteiger partial charge in [-0.05, 0) is 68.7 Å². The number of carbonyl (C=O) groups excluding carboxylic acids is 9. The number of allylic oxidation sites excluding steroid dienone is 1. The van der Waals surface area contributed by atoms with Gasteiger partial charge >= 0.3 is 5.97 Å². The van der Waals surface area contributed by atoms with Crippen molar-refractivity contribution in [3.8, 4) is 5.75 Å². The number of fused-ring (bicyclic) bond motifs is 2. The average Bonchev–Trinajstić information content (AvgIpc) is 3.29. The van der Waals surface area contributed by atoms with Gasteiger partial charge in [0.2, 0.25) is 35.4 Å². The van der Waals surface area contributed by atoms with Crippen molar-refractivity contribution in [2.75, 3.05) is 7.05 Å². The number of amides is 8. The van der Waals surface area contributed by atoms with Gasteiger partial charge in [0.25, 0.3) is 11.8 Å². The summed E-state index contributed by atoms with van der Waals surface area (Å²) >= 11 is 0. The molecule has 0 aliphatic carbocycles. The summed E-state index contributed by atoms with van der Waals surface area (Å²) in [6.07, 6.45) is -0.620. The van der Waals surface area contributed by atoms with Crippen LogP contribution in [0.15, 0.2) is 66.4 Å². The molecule has 9 N–H and O–H groups in total. The van der Waals surface area contributed by atoms with Crippen LogP contribution in [0, 0.1) is 5.92 Å². The first-order valence-corrected chi connectivity index (χ1v) is 23.0. The topological polar surface area (TPSA) is 296 Å². The minimum Gasteiger partial charge on any atom is -0.508 e. The second-order valence-corrected chi connectivity index (χ2v) is 17.5. The largest absolute Gasteiger partial charge is 0.508 e. The lowest BCUT2D eigenvalue weighted by Crippen LogP contribution is -2.64. The number of piperidine rings is 1. The van der Waals surface area contributed by atoms with Crippen molar-refractivity contribution >= 4 is 53.2 Å². The van der Waals surface area contributed by atoms with Crippen molar-refractivity contribution in [1.82, 2.24) is 36.4 Å². The van der Waals surface area contributed by atoms with E-state index in [1.54, 1.807) is 56.3 Å². The van der Waals surface area contributed by atoms with E-state index in [0.717, 1.165) is 22.6 Å². The molecule has 2 heterocycles. The van der Waals surface area contributed by atoms with E-state index in [2.05, 4.69) is 26.6 Å². The SMILES string of the molecule is CC=C1NC(=O)C(NC(=O)C(CCC(N)=O)NC(=O)CCCCC)C(C)OC(=O)C(C(C)C)NC(=O)C(Cc2ccc(O)cc2)N(C)C(=O)C(Cc2ccccc2)N2C(=O)C(CCC2O)NC1=O. The summed E-state index contributed by atoms with van der Waals surface area (Å²) in [5.41, 5.74) is 6.11. The third kappa shape index (κ3) is 14.8. The van der Waals surface area contributed by atoms with Crippen LogP contribution < -0.4 is 32.3 Å². The van der Waals surface area contributed by atoms with Crippen LogP contribution in [0.2, 0.25) is 0 Å². The molecule has 0 spiro atoms. The van der Waals surface area contributed by atoms with E-state index in [9.17, 15) is 53.4 Å². The lowest BCUT2D eigenvalue weighted by Gasteiger charge is -2.43. The number of esters is 1. The van der Waals surface area contributed by atoms with Gasteiger partial charge in [0.1, 0.15) is 60.0 Å². The summed E-state index contributed by atoms with van der Waals surface area (Å²) in [7, 11) is 1.35. The molecule has 8 amide bonds. The number of nitrogens with one attached hydrogen (secondary N) is 5. The van der Waals surface area contributed by atoms with Crippen LogP contribution in [0.5, 0.6) is 5.75 Å². The Balaban J connectivity index is 1.83. The quantitative estimate of drug-likeness (QED) is 0.0697. The highest BCUT2D eigenvalue weighted by atomic mass is 16.5. The summed E-state index contributed by atoms with van der Waals surface area (Å²) < 4.78 is 5.82. The third-order valence-corrected chi connectivity index (χ3v) is 12.0. The molecule has 68 heavy (non-hydrogen) atoms. The summed E-state index contributed by atoms with van der Waals surface area (Å²) in [5.74, 6) is -8.40. The number of unbranched alkanes of at least 4 members (excludes halogenated alkanes) is 2. The number of aliphatic hydroxyl groups excluding tert-OH is 1. The molecule has 0 saturated carbocycles. The number of hydrogen-bond donors (Lipinski definition) is 8. The molecule has 2 aliphatic rings. The van der Waals surface area contributed by atoms with Crippen molar-refractivity contribution in [3.05, 3.63) is 77.5 Å². The molecule has 2 aromatic carbocycles. The van der Waals surface area contributed by atoms with E-state index in [1.165, 1.54) is 39.1 Å². The normalized spacial score (nSPS) is 24.4. The Labute approximate surface area is 396 Å². The summed E-state index contributed by atoms with van der Waals surface area (Å²) in [6.45, 7) is 7.88. The number of cyclic esters (lactones) is 1. The number of hydrogen-bond acceptors (Lipinski definition) is 12. The molecule has 2 aromatic rings. The van der Waals surface area contributed by atoms with Gasteiger partial charge in [-0.25, -0.2) is 4.79 Å². The fourth-order valence-electron chi connectivity index (χ4n) is 7.98. The molecule has 20 heteroatoms. The van der Waals surface area contributed by atoms with Gasteiger partial charge in [0.05, 0.1) is 0 Å². The van der Waals surface area contributed by atoms with Gasteiger partial charge in [-0.2, -0.15) is 0 Å². The van der Waals surface area contributed by atoms with E-state index >= 15 is 0 Å². The van der Waals surface area contributed by atoms with Gasteiger partial charge in [-0.3, -0.25) is 38.4 Å². The average molecular weight is 947 g/mol. The van der Waals surface area contributed by atoms with Crippen LogP contribution >= 0.6 is 0 Å². The van der Waals surface area contributed by atoms with Gasteiger partial charge in [0.15, 0.2) is 0 Å². The standard InChI is InChI=1S/C48H66N8O12/c1-7-9-11-16-38(59)50-33(21-23-37(49)58)43(62)54-41-28(5)68-48(67)40(27(3)4)53-44(63)35(25-30-17-19-31(57)20-18-30)55(6)47(66)36(26-29-14-12-10-13-15-29)56-39(60)24-22-34(46(56)65)52-42(61)32(8-2)51-45(41)64/h8,10,12-15,17-20,27-28,33-36,39-41,57,60H,7,9,11,16,21-26H2,1-6H3,(H2,49,58)(H,50,59)(H,51,64)(H,52,61)(H,53,63)(H,54,62). The summed E-state index contributed by atoms with van der Waals surface area (Å²) in [6, 6.07) is 5.88.